The summed E-state index contributed by atoms with van der Waals surface area (Å²) in [4.78, 5) is 48.0. The number of carbonyl (C=O) groups is 2. The second kappa shape index (κ2) is 11.4. The number of carbonyl (C=O) groups excluding carboxylic acids is 2. The third kappa shape index (κ3) is 5.28. The Morgan fingerprint density at radius 3 is 2.30 bits per heavy atom. The molecule has 3 aromatic carbocycles. The number of rotatable bonds is 7. The molecule has 1 N–H and O–H groups in total. The number of aryl methyl sites for hydroxylation is 2. The molecular weight excluding hydrogens is 583 g/mol. The van der Waals surface area contributed by atoms with E-state index in [1.807, 2.05) is 79.1 Å². The van der Waals surface area contributed by atoms with Crippen molar-refractivity contribution in [2.45, 2.75) is 24.8 Å². The predicted molar refractivity (Wildman–Crippen MR) is 176 cm³/mol. The van der Waals surface area contributed by atoms with E-state index in [2.05, 4.69) is 10.3 Å². The van der Waals surface area contributed by atoms with E-state index in [9.17, 15) is 14.4 Å². The maximum atomic E-state index is 15.1. The molecule has 1 amide bonds. The monoisotopic (exact) mass is 618 g/mol. The molecule has 7 rings (SSSR count). The number of likely N-dealkylation sites (N-methyl/N-ethyl adjacent to an activating group) is 2. The van der Waals surface area contributed by atoms with Crippen molar-refractivity contribution in [2.75, 3.05) is 32.5 Å². The van der Waals surface area contributed by atoms with E-state index in [-0.39, 0.29) is 34.7 Å². The van der Waals surface area contributed by atoms with Crippen molar-refractivity contribution in [3.63, 3.8) is 0 Å². The average Bonchev–Trinajstić information content (AvgIpc) is 3.85. The standard InChI is InChI=1S/C36H35FN6O3/c1-40-15-16-41(2)35(45)32(40)22-7-11-25(12-8-22)38-34-36(46)43(4)20-30(39-34)24-10-14-31-27(17-24)28(19-42(31)3)33(44)26-13-9-23(18-29(26)37)21-5-6-21/h7-14,17-21,32H,5-6,15-16H2,1-4H3,(H,38,39)/t32-/m1/s1. The van der Waals surface area contributed by atoms with Crippen LogP contribution in [-0.2, 0) is 18.9 Å². The SMILES string of the molecule is CN1CCN(C)[C@H](c2ccc(Nc3nc(-c4ccc5c(c4)c(C(=O)c4ccc(C6CC6)cc4F)cn5C)cn(C)c3=O)cc2)C1=O. The van der Waals surface area contributed by atoms with E-state index in [4.69, 9.17) is 0 Å². The van der Waals surface area contributed by atoms with Gasteiger partial charge in [0.2, 0.25) is 5.91 Å². The van der Waals surface area contributed by atoms with Crippen molar-refractivity contribution in [1.82, 2.24) is 23.9 Å². The fourth-order valence-electron chi connectivity index (χ4n) is 6.32. The van der Waals surface area contributed by atoms with Crippen molar-refractivity contribution in [2.24, 2.45) is 14.1 Å². The Morgan fingerprint density at radius 2 is 1.59 bits per heavy atom. The molecule has 0 spiro atoms. The Labute approximate surface area is 265 Å². The summed E-state index contributed by atoms with van der Waals surface area (Å²) in [5, 5.41) is 3.82. The number of nitrogens with zero attached hydrogens (tertiary/aromatic N) is 5. The average molecular weight is 619 g/mol. The van der Waals surface area contributed by atoms with Gasteiger partial charge in [-0.1, -0.05) is 24.3 Å². The number of benzene rings is 3. The molecule has 234 valence electrons. The highest BCUT2D eigenvalue weighted by Crippen LogP contribution is 2.40. The summed E-state index contributed by atoms with van der Waals surface area (Å²) < 4.78 is 18.4. The number of piperazine rings is 1. The molecule has 1 aliphatic heterocycles. The van der Waals surface area contributed by atoms with Gasteiger partial charge >= 0.3 is 0 Å². The van der Waals surface area contributed by atoms with Gasteiger partial charge in [0.25, 0.3) is 5.56 Å². The molecule has 2 aliphatic rings. The topological polar surface area (TPSA) is 92.5 Å². The molecule has 1 atom stereocenters. The third-order valence-corrected chi connectivity index (χ3v) is 9.22. The largest absolute Gasteiger partial charge is 0.350 e. The zero-order valence-corrected chi connectivity index (χ0v) is 26.3. The van der Waals surface area contributed by atoms with Crippen LogP contribution in [-0.4, -0.2) is 62.8 Å². The van der Waals surface area contributed by atoms with Gasteiger partial charge in [0.15, 0.2) is 11.6 Å². The summed E-state index contributed by atoms with van der Waals surface area (Å²) in [6, 6.07) is 17.7. The van der Waals surface area contributed by atoms with Crippen LogP contribution >= 0.6 is 0 Å². The van der Waals surface area contributed by atoms with Crippen LogP contribution in [0.5, 0.6) is 0 Å². The van der Waals surface area contributed by atoms with Gasteiger partial charge in [-0.25, -0.2) is 9.37 Å². The number of halogens is 1. The smallest absolute Gasteiger partial charge is 0.293 e. The number of amides is 1. The minimum absolute atomic E-state index is 0.0477. The number of fused-ring (bicyclic) bond motifs is 1. The van der Waals surface area contributed by atoms with Crippen LogP contribution in [0, 0.1) is 5.82 Å². The van der Waals surface area contributed by atoms with Crippen molar-refractivity contribution < 1.29 is 14.0 Å². The van der Waals surface area contributed by atoms with Crippen LogP contribution < -0.4 is 10.9 Å². The summed E-state index contributed by atoms with van der Waals surface area (Å²) in [6.07, 6.45) is 5.49. The Kier molecular flexibility index (Phi) is 7.32. The summed E-state index contributed by atoms with van der Waals surface area (Å²) >= 11 is 0. The molecule has 10 heteroatoms. The maximum Gasteiger partial charge on any atom is 0.293 e. The molecule has 46 heavy (non-hydrogen) atoms. The lowest BCUT2D eigenvalue weighted by Gasteiger charge is -2.37. The van der Waals surface area contributed by atoms with Crippen molar-refractivity contribution in [3.8, 4) is 11.3 Å². The van der Waals surface area contributed by atoms with E-state index in [0.29, 0.717) is 40.4 Å². The second-order valence-electron chi connectivity index (χ2n) is 12.5. The van der Waals surface area contributed by atoms with Gasteiger partial charge in [0.05, 0.1) is 11.3 Å². The normalized spacial score (nSPS) is 17.1. The summed E-state index contributed by atoms with van der Waals surface area (Å²) in [6.45, 7) is 1.48. The number of aromatic nitrogens is 3. The molecule has 5 aromatic rings. The zero-order valence-electron chi connectivity index (χ0n) is 26.3. The number of hydrogen-bond acceptors (Lipinski definition) is 6. The van der Waals surface area contributed by atoms with Gasteiger partial charge in [0, 0.05) is 74.3 Å². The van der Waals surface area contributed by atoms with Crippen LogP contribution in [0.15, 0.2) is 77.9 Å². The van der Waals surface area contributed by atoms with Crippen molar-refractivity contribution >= 4 is 34.1 Å². The molecule has 2 fully saturated rings. The summed E-state index contributed by atoms with van der Waals surface area (Å²) in [7, 11) is 7.27. The fourth-order valence-corrected chi connectivity index (χ4v) is 6.32. The van der Waals surface area contributed by atoms with Crippen LogP contribution in [0.1, 0.15) is 51.8 Å². The minimum atomic E-state index is -0.504. The lowest BCUT2D eigenvalue weighted by molar-refractivity contribution is -0.139. The van der Waals surface area contributed by atoms with E-state index < -0.39 is 5.82 Å². The van der Waals surface area contributed by atoms with Gasteiger partial charge in [-0.05, 0) is 73.3 Å². The summed E-state index contributed by atoms with van der Waals surface area (Å²) in [5.74, 6) is -0.302. The highest BCUT2D eigenvalue weighted by atomic mass is 19.1. The Hall–Kier alpha value is -5.09. The van der Waals surface area contributed by atoms with Crippen LogP contribution in [0.25, 0.3) is 22.2 Å². The predicted octanol–water partition coefficient (Wildman–Crippen LogP) is 5.38. The molecule has 0 unspecified atom stereocenters. The van der Waals surface area contributed by atoms with Crippen LogP contribution in [0.3, 0.4) is 0 Å². The van der Waals surface area contributed by atoms with E-state index >= 15 is 4.39 Å². The van der Waals surface area contributed by atoms with E-state index in [0.717, 1.165) is 36.0 Å². The fraction of sp³-hybridized carbons (Fsp3) is 0.278. The first-order chi connectivity index (χ1) is 22.1. The third-order valence-electron chi connectivity index (χ3n) is 9.22. The van der Waals surface area contributed by atoms with Gasteiger partial charge < -0.3 is 19.4 Å². The molecule has 9 nitrogen and oxygen atoms in total. The lowest BCUT2D eigenvalue weighted by Crippen LogP contribution is -2.48. The van der Waals surface area contributed by atoms with Gasteiger partial charge in [0.1, 0.15) is 11.9 Å². The highest BCUT2D eigenvalue weighted by Gasteiger charge is 2.32. The quantitative estimate of drug-likeness (QED) is 0.247. The first-order valence-electron chi connectivity index (χ1n) is 15.4. The molecule has 3 heterocycles. The molecule has 1 saturated heterocycles. The zero-order chi connectivity index (χ0) is 32.3. The Balaban J connectivity index is 1.19. The molecule has 0 radical (unpaired) electrons. The van der Waals surface area contributed by atoms with E-state index in [1.165, 1.54) is 10.6 Å². The number of ketones is 1. The van der Waals surface area contributed by atoms with Gasteiger partial charge in [-0.3, -0.25) is 19.3 Å². The van der Waals surface area contributed by atoms with Crippen LogP contribution in [0.4, 0.5) is 15.9 Å². The Morgan fingerprint density at radius 1 is 0.848 bits per heavy atom. The minimum Gasteiger partial charge on any atom is -0.350 e. The second-order valence-corrected chi connectivity index (χ2v) is 12.5. The molecule has 1 saturated carbocycles. The molecule has 1 aliphatic carbocycles. The van der Waals surface area contributed by atoms with Crippen LogP contribution in [0.2, 0.25) is 0 Å². The molecule has 2 aromatic heterocycles. The summed E-state index contributed by atoms with van der Waals surface area (Å²) in [5.41, 5.74) is 4.66. The Bertz CT molecular complexity index is 2080. The van der Waals surface area contributed by atoms with Gasteiger partial charge in [-0.15, -0.1) is 0 Å². The van der Waals surface area contributed by atoms with Crippen molar-refractivity contribution in [1.29, 1.82) is 0 Å². The van der Waals surface area contributed by atoms with Crippen molar-refractivity contribution in [3.05, 3.63) is 111 Å². The lowest BCUT2D eigenvalue weighted by atomic mass is 9.98. The van der Waals surface area contributed by atoms with E-state index in [1.54, 1.807) is 30.4 Å². The highest BCUT2D eigenvalue weighted by molar-refractivity contribution is 6.17. The van der Waals surface area contributed by atoms with Gasteiger partial charge in [-0.2, -0.15) is 0 Å². The number of anilines is 2. The number of nitrogens with one attached hydrogen (secondary N) is 1. The number of hydrogen-bond donors (Lipinski definition) is 1. The molecular formula is C36H35FN6O3. The maximum absolute atomic E-state index is 15.1. The first kappa shape index (κ1) is 29.6. The molecule has 0 bridgehead atoms. The first-order valence-corrected chi connectivity index (χ1v) is 15.4.